The van der Waals surface area contributed by atoms with Crippen molar-refractivity contribution in [3.63, 3.8) is 0 Å². The van der Waals surface area contributed by atoms with Crippen LogP contribution in [-0.4, -0.2) is 59.8 Å². The van der Waals surface area contributed by atoms with Crippen LogP contribution in [0.1, 0.15) is 123 Å². The van der Waals surface area contributed by atoms with Gasteiger partial charge in [0.05, 0.1) is 12.8 Å². The van der Waals surface area contributed by atoms with Crippen LogP contribution in [0.15, 0.2) is 0 Å². The second kappa shape index (κ2) is 24.6. The molecule has 0 saturated carbocycles. The van der Waals surface area contributed by atoms with E-state index < -0.39 is 13.9 Å². The Labute approximate surface area is 220 Å². The Morgan fingerprint density at radius 1 is 0.889 bits per heavy atom. The number of primary amides is 1. The van der Waals surface area contributed by atoms with Crippen molar-refractivity contribution in [2.75, 3.05) is 32.8 Å². The van der Waals surface area contributed by atoms with Crippen molar-refractivity contribution in [3.05, 3.63) is 0 Å². The molecular weight excluding hydrogens is 481 g/mol. The Bertz CT molecular complexity index is 550. The number of amides is 1. The number of nitrogens with one attached hydrogen (secondary N) is 1. The maximum Gasteiger partial charge on any atom is 0.469 e. The molecule has 1 atom stereocenters. The van der Waals surface area contributed by atoms with E-state index in [9.17, 15) is 9.36 Å². The summed E-state index contributed by atoms with van der Waals surface area (Å²) in [6.45, 7) is 7.08. The number of phosphoric acid groups is 1. The smallest absolute Gasteiger partial charge is 0.448 e. The number of hydrogen-bond acceptors (Lipinski definition) is 6. The normalized spacial score (nSPS) is 16.1. The molecule has 1 unspecified atom stereocenters. The van der Waals surface area contributed by atoms with E-state index in [0.29, 0.717) is 12.8 Å². The average Bonchev–Trinajstić information content (AvgIpc) is 3.25. The lowest BCUT2D eigenvalue weighted by atomic mass is 10.0. The minimum Gasteiger partial charge on any atom is -0.448 e. The van der Waals surface area contributed by atoms with Crippen LogP contribution in [0, 0.1) is 0 Å². The Kier molecular flexibility index (Phi) is 24.1. The number of nitrogens with two attached hydrogens (primary N) is 1. The second-order valence-corrected chi connectivity index (χ2v) is 10.9. The van der Waals surface area contributed by atoms with Gasteiger partial charge in [-0.3, -0.25) is 9.42 Å². The fraction of sp³-hybridized carbons (Fsp3) is 0.962. The first-order valence-corrected chi connectivity index (χ1v) is 15.9. The summed E-state index contributed by atoms with van der Waals surface area (Å²) in [5.74, 6) is 0. The Morgan fingerprint density at radius 2 is 1.36 bits per heavy atom. The topological polar surface area (TPSA) is 134 Å². The summed E-state index contributed by atoms with van der Waals surface area (Å²) in [4.78, 5) is 28.8. The quantitative estimate of drug-likeness (QED) is 0.0964. The molecule has 0 aromatic heterocycles. The third kappa shape index (κ3) is 25.0. The first-order valence-electron chi connectivity index (χ1n) is 14.4. The molecule has 1 aliphatic heterocycles. The molecule has 0 radical (unpaired) electrons. The molecule has 1 aliphatic rings. The molecule has 0 aromatic carbocycles. The zero-order valence-electron chi connectivity index (χ0n) is 23.1. The molecule has 1 fully saturated rings. The van der Waals surface area contributed by atoms with Gasteiger partial charge in [0.2, 0.25) is 0 Å². The number of hydrogen-bond donors (Lipinski definition) is 4. The zero-order valence-corrected chi connectivity index (χ0v) is 24.0. The third-order valence-corrected chi connectivity index (χ3v) is 7.07. The molecule has 0 spiro atoms. The number of rotatable bonds is 22. The molecule has 216 valence electrons. The third-order valence-electron chi connectivity index (χ3n) is 6.47. The van der Waals surface area contributed by atoms with Gasteiger partial charge in [0.25, 0.3) is 0 Å². The molecule has 9 nitrogen and oxygen atoms in total. The van der Waals surface area contributed by atoms with Crippen LogP contribution in [0.25, 0.3) is 0 Å². The first-order chi connectivity index (χ1) is 17.3. The molecule has 36 heavy (non-hydrogen) atoms. The van der Waals surface area contributed by atoms with Crippen molar-refractivity contribution in [2.45, 2.75) is 129 Å². The lowest BCUT2D eigenvalue weighted by Gasteiger charge is -2.23. The summed E-state index contributed by atoms with van der Waals surface area (Å²) < 4.78 is 18.5. The van der Waals surface area contributed by atoms with Crippen LogP contribution in [0.3, 0.4) is 0 Å². The van der Waals surface area contributed by atoms with Gasteiger partial charge in [-0.25, -0.2) is 9.36 Å². The maximum absolute atomic E-state index is 10.7. The van der Waals surface area contributed by atoms with E-state index in [4.69, 9.17) is 20.3 Å². The molecule has 1 rings (SSSR count). The standard InChI is InChI=1S/C24H49N3O2.C2H7O4P/c1-2-3-4-5-6-7-8-9-10-11-12-13-14-15-16-17-18-23-26-19-20-27(23)21-22-29-24(25)28;1-2-6-7(3,4)5/h23,26H,2-22H2,1H3,(H2,25,28);2H2,1H3,(H2,3,4,5). The van der Waals surface area contributed by atoms with Crippen molar-refractivity contribution in [1.82, 2.24) is 10.2 Å². The highest BCUT2D eigenvalue weighted by molar-refractivity contribution is 7.46. The number of unbranched alkanes of at least 4 members (excludes halogenated alkanes) is 15. The summed E-state index contributed by atoms with van der Waals surface area (Å²) in [6.07, 6.45) is 23.5. The van der Waals surface area contributed by atoms with Gasteiger partial charge < -0.3 is 25.6 Å². The number of carbonyl (C=O) groups is 1. The summed E-state index contributed by atoms with van der Waals surface area (Å²) in [5.41, 5.74) is 5.02. The van der Waals surface area contributed by atoms with Crippen LogP contribution in [0.4, 0.5) is 4.79 Å². The van der Waals surface area contributed by atoms with Crippen LogP contribution in [0.5, 0.6) is 0 Å². The SMILES string of the molecule is CCCCCCCCCCCCCCCCCCC1NCCN1CCOC(N)=O.CCOP(=O)(O)O. The van der Waals surface area contributed by atoms with Crippen molar-refractivity contribution >= 4 is 13.9 Å². The highest BCUT2D eigenvalue weighted by Gasteiger charge is 2.22. The van der Waals surface area contributed by atoms with Gasteiger partial charge in [0.1, 0.15) is 6.61 Å². The minimum atomic E-state index is -4.17. The van der Waals surface area contributed by atoms with Gasteiger partial charge in [-0.15, -0.1) is 0 Å². The first kappa shape index (κ1) is 35.3. The van der Waals surface area contributed by atoms with Gasteiger partial charge in [-0.05, 0) is 13.3 Å². The van der Waals surface area contributed by atoms with Crippen molar-refractivity contribution in [2.24, 2.45) is 5.73 Å². The van der Waals surface area contributed by atoms with Gasteiger partial charge in [0, 0.05) is 19.6 Å². The fourth-order valence-corrected chi connectivity index (χ4v) is 4.87. The predicted molar refractivity (Wildman–Crippen MR) is 147 cm³/mol. The molecule has 1 amide bonds. The maximum atomic E-state index is 10.7. The number of phosphoric ester groups is 1. The highest BCUT2D eigenvalue weighted by atomic mass is 31.2. The molecule has 0 aliphatic carbocycles. The molecule has 10 heteroatoms. The van der Waals surface area contributed by atoms with Crippen LogP contribution < -0.4 is 11.1 Å². The van der Waals surface area contributed by atoms with E-state index in [2.05, 4.69) is 21.7 Å². The Morgan fingerprint density at radius 3 is 1.75 bits per heavy atom. The van der Waals surface area contributed by atoms with E-state index in [0.717, 1.165) is 19.6 Å². The minimum absolute atomic E-state index is 0.0459. The van der Waals surface area contributed by atoms with Crippen LogP contribution in [-0.2, 0) is 13.8 Å². The average molecular weight is 538 g/mol. The summed E-state index contributed by atoms with van der Waals surface area (Å²) >= 11 is 0. The molecule has 0 aromatic rings. The van der Waals surface area contributed by atoms with E-state index >= 15 is 0 Å². The lowest BCUT2D eigenvalue weighted by molar-refractivity contribution is 0.127. The van der Waals surface area contributed by atoms with Crippen molar-refractivity contribution < 1.29 is 28.4 Å². The Hall–Kier alpha value is -0.700. The van der Waals surface area contributed by atoms with Crippen LogP contribution in [0.2, 0.25) is 0 Å². The van der Waals surface area contributed by atoms with E-state index in [1.165, 1.54) is 116 Å². The zero-order chi connectivity index (χ0) is 26.9. The number of ether oxygens (including phenoxy) is 1. The van der Waals surface area contributed by atoms with E-state index in [1.54, 1.807) is 0 Å². The van der Waals surface area contributed by atoms with Gasteiger partial charge in [0.15, 0.2) is 0 Å². The van der Waals surface area contributed by atoms with Crippen molar-refractivity contribution in [1.29, 1.82) is 0 Å². The summed E-state index contributed by atoms with van der Waals surface area (Å²) in [5, 5.41) is 3.55. The highest BCUT2D eigenvalue weighted by Crippen LogP contribution is 2.34. The van der Waals surface area contributed by atoms with E-state index in [-0.39, 0.29) is 6.61 Å². The van der Waals surface area contributed by atoms with Gasteiger partial charge in [-0.1, -0.05) is 110 Å². The molecule has 5 N–H and O–H groups in total. The molecule has 1 saturated heterocycles. The Balaban J connectivity index is 0.00000152. The summed E-state index contributed by atoms with van der Waals surface area (Å²) in [6, 6.07) is 0. The van der Waals surface area contributed by atoms with Crippen LogP contribution >= 0.6 is 7.82 Å². The predicted octanol–water partition coefficient (Wildman–Crippen LogP) is 6.08. The van der Waals surface area contributed by atoms with Gasteiger partial charge in [-0.2, -0.15) is 0 Å². The number of nitrogens with zero attached hydrogens (tertiary/aromatic N) is 1. The molecule has 1 heterocycles. The lowest BCUT2D eigenvalue weighted by Crippen LogP contribution is -2.38. The monoisotopic (exact) mass is 537 g/mol. The summed E-state index contributed by atoms with van der Waals surface area (Å²) in [7, 11) is -4.17. The molecule has 0 bridgehead atoms. The van der Waals surface area contributed by atoms with Gasteiger partial charge >= 0.3 is 13.9 Å². The molecular formula is C26H56N3O6P. The fourth-order valence-electron chi connectivity index (χ4n) is 4.53. The largest absolute Gasteiger partial charge is 0.469 e. The number of carbonyl (C=O) groups excluding carboxylic acids is 1. The second-order valence-electron chi connectivity index (χ2n) is 9.67. The van der Waals surface area contributed by atoms with Crippen molar-refractivity contribution in [3.8, 4) is 0 Å². The van der Waals surface area contributed by atoms with E-state index in [1.807, 2.05) is 0 Å².